The predicted octanol–water partition coefficient (Wildman–Crippen LogP) is 4.68. The van der Waals surface area contributed by atoms with E-state index < -0.39 is 5.97 Å². The van der Waals surface area contributed by atoms with E-state index in [2.05, 4.69) is 15.9 Å². The first-order chi connectivity index (χ1) is 8.59. The second kappa shape index (κ2) is 4.39. The van der Waals surface area contributed by atoms with Crippen molar-refractivity contribution in [3.05, 3.63) is 37.8 Å². The Bertz CT molecular complexity index is 590. The second-order valence-corrected chi connectivity index (χ2v) is 6.04. The summed E-state index contributed by atoms with van der Waals surface area (Å²) in [4.78, 5) is 11.3. The van der Waals surface area contributed by atoms with Gasteiger partial charge in [-0.15, -0.1) is 0 Å². The molecule has 1 N–H and O–H groups in total. The SMILES string of the molecule is O=C(O)c1cc(Cl)c(Br)c2c1CC1=C2CCCC1. The highest BCUT2D eigenvalue weighted by Gasteiger charge is 2.30. The van der Waals surface area contributed by atoms with E-state index in [-0.39, 0.29) is 0 Å². The van der Waals surface area contributed by atoms with Crippen LogP contribution in [0.1, 0.15) is 47.2 Å². The average Bonchev–Trinajstić information content (AvgIpc) is 2.72. The van der Waals surface area contributed by atoms with Crippen molar-refractivity contribution in [2.45, 2.75) is 32.1 Å². The summed E-state index contributed by atoms with van der Waals surface area (Å²) in [5.41, 5.74) is 5.07. The van der Waals surface area contributed by atoms with Crippen LogP contribution in [0.2, 0.25) is 5.02 Å². The van der Waals surface area contributed by atoms with Gasteiger partial charge in [-0.25, -0.2) is 4.79 Å². The number of hydrogen-bond donors (Lipinski definition) is 1. The molecule has 0 aromatic heterocycles. The van der Waals surface area contributed by atoms with Crippen molar-refractivity contribution in [2.24, 2.45) is 0 Å². The highest BCUT2D eigenvalue weighted by molar-refractivity contribution is 9.10. The van der Waals surface area contributed by atoms with Gasteiger partial charge in [-0.3, -0.25) is 0 Å². The summed E-state index contributed by atoms with van der Waals surface area (Å²) in [5, 5.41) is 9.80. The van der Waals surface area contributed by atoms with Gasteiger partial charge in [0.25, 0.3) is 0 Å². The molecule has 0 amide bonds. The number of halogens is 2. The summed E-state index contributed by atoms with van der Waals surface area (Å²) < 4.78 is 0.857. The Morgan fingerprint density at radius 1 is 1.33 bits per heavy atom. The zero-order chi connectivity index (χ0) is 12.9. The number of carboxylic acids is 1. The molecule has 0 atom stereocenters. The maximum atomic E-state index is 11.3. The second-order valence-electron chi connectivity index (χ2n) is 4.84. The summed E-state index contributed by atoms with van der Waals surface area (Å²) in [7, 11) is 0. The smallest absolute Gasteiger partial charge is 0.336 e. The molecule has 0 spiro atoms. The minimum absolute atomic E-state index is 0.354. The van der Waals surface area contributed by atoms with E-state index in [1.54, 1.807) is 6.07 Å². The van der Waals surface area contributed by atoms with Crippen LogP contribution >= 0.6 is 27.5 Å². The quantitative estimate of drug-likeness (QED) is 0.813. The molecule has 0 saturated heterocycles. The van der Waals surface area contributed by atoms with Crippen LogP contribution in [-0.4, -0.2) is 11.1 Å². The molecule has 0 bridgehead atoms. The Labute approximate surface area is 119 Å². The van der Waals surface area contributed by atoms with Crippen molar-refractivity contribution in [3.8, 4) is 0 Å². The third-order valence-electron chi connectivity index (χ3n) is 3.83. The minimum Gasteiger partial charge on any atom is -0.478 e. The highest BCUT2D eigenvalue weighted by atomic mass is 79.9. The first-order valence-corrected chi connectivity index (χ1v) is 7.22. The number of fused-ring (bicyclic) bond motifs is 2. The van der Waals surface area contributed by atoms with E-state index in [0.717, 1.165) is 34.9 Å². The summed E-state index contributed by atoms with van der Waals surface area (Å²) in [6.45, 7) is 0. The predicted molar refractivity (Wildman–Crippen MR) is 75.2 cm³/mol. The van der Waals surface area contributed by atoms with E-state index in [0.29, 0.717) is 10.6 Å². The fraction of sp³-hybridized carbons (Fsp3) is 0.357. The largest absolute Gasteiger partial charge is 0.478 e. The van der Waals surface area contributed by atoms with Gasteiger partial charge in [-0.1, -0.05) is 17.2 Å². The monoisotopic (exact) mass is 326 g/mol. The van der Waals surface area contributed by atoms with E-state index in [1.807, 2.05) is 0 Å². The fourth-order valence-corrected chi connectivity index (χ4v) is 3.83. The molecular formula is C14H12BrClO2. The Morgan fingerprint density at radius 2 is 2.06 bits per heavy atom. The maximum absolute atomic E-state index is 11.3. The van der Waals surface area contributed by atoms with Crippen molar-refractivity contribution in [1.82, 2.24) is 0 Å². The van der Waals surface area contributed by atoms with Crippen LogP contribution < -0.4 is 0 Å². The molecule has 0 aliphatic heterocycles. The molecule has 0 saturated carbocycles. The zero-order valence-corrected chi connectivity index (χ0v) is 12.1. The Balaban J connectivity index is 2.25. The van der Waals surface area contributed by atoms with E-state index in [9.17, 15) is 9.90 Å². The molecule has 0 heterocycles. The van der Waals surface area contributed by atoms with Crippen LogP contribution in [0.15, 0.2) is 16.1 Å². The zero-order valence-electron chi connectivity index (χ0n) is 9.72. The third kappa shape index (κ3) is 1.72. The van der Waals surface area contributed by atoms with Gasteiger partial charge in [0.1, 0.15) is 0 Å². The van der Waals surface area contributed by atoms with Gasteiger partial charge in [0.2, 0.25) is 0 Å². The Morgan fingerprint density at radius 3 is 2.78 bits per heavy atom. The van der Waals surface area contributed by atoms with E-state index in [4.69, 9.17) is 11.6 Å². The van der Waals surface area contributed by atoms with Gasteiger partial charge < -0.3 is 5.11 Å². The van der Waals surface area contributed by atoms with Gasteiger partial charge in [0, 0.05) is 4.47 Å². The lowest BCUT2D eigenvalue weighted by Crippen LogP contribution is -2.03. The summed E-state index contributed by atoms with van der Waals surface area (Å²) in [5.74, 6) is -0.888. The molecule has 0 radical (unpaired) electrons. The van der Waals surface area contributed by atoms with Crippen molar-refractivity contribution < 1.29 is 9.90 Å². The maximum Gasteiger partial charge on any atom is 0.336 e. The van der Waals surface area contributed by atoms with Crippen LogP contribution in [0.4, 0.5) is 0 Å². The van der Waals surface area contributed by atoms with Crippen LogP contribution in [0.25, 0.3) is 5.57 Å². The molecule has 2 aliphatic rings. The standard InChI is InChI=1S/C14H12BrClO2/c15-13-11(16)6-10(14(17)18)9-5-7-3-1-2-4-8(7)12(9)13/h6H,1-5H2,(H,17,18). The van der Waals surface area contributed by atoms with Gasteiger partial charge in [0.15, 0.2) is 0 Å². The van der Waals surface area contributed by atoms with E-state index in [1.165, 1.54) is 24.0 Å². The van der Waals surface area contributed by atoms with Crippen LogP contribution in [-0.2, 0) is 6.42 Å². The minimum atomic E-state index is -0.888. The number of rotatable bonds is 1. The van der Waals surface area contributed by atoms with Crippen LogP contribution in [0.5, 0.6) is 0 Å². The van der Waals surface area contributed by atoms with Crippen molar-refractivity contribution in [2.75, 3.05) is 0 Å². The average molecular weight is 328 g/mol. The molecule has 1 aromatic carbocycles. The van der Waals surface area contributed by atoms with Crippen molar-refractivity contribution in [3.63, 3.8) is 0 Å². The number of allylic oxidation sites excluding steroid dienone is 2. The van der Waals surface area contributed by atoms with Crippen molar-refractivity contribution in [1.29, 1.82) is 0 Å². The summed E-state index contributed by atoms with van der Waals surface area (Å²) >= 11 is 9.66. The van der Waals surface area contributed by atoms with E-state index >= 15 is 0 Å². The molecule has 0 unspecified atom stereocenters. The Hall–Kier alpha value is -0.800. The topological polar surface area (TPSA) is 37.3 Å². The van der Waals surface area contributed by atoms with Crippen molar-refractivity contribution >= 4 is 39.1 Å². The fourth-order valence-electron chi connectivity index (χ4n) is 3.03. The molecule has 2 nitrogen and oxygen atoms in total. The lowest BCUT2D eigenvalue weighted by molar-refractivity contribution is 0.0696. The molecular weight excluding hydrogens is 316 g/mol. The molecule has 94 valence electrons. The lowest BCUT2D eigenvalue weighted by atomic mass is 9.92. The number of benzene rings is 1. The molecule has 3 rings (SSSR count). The third-order valence-corrected chi connectivity index (χ3v) is 5.18. The van der Waals surface area contributed by atoms with Gasteiger partial charge >= 0.3 is 5.97 Å². The lowest BCUT2D eigenvalue weighted by Gasteiger charge is -2.15. The molecule has 4 heteroatoms. The highest BCUT2D eigenvalue weighted by Crippen LogP contribution is 2.47. The molecule has 18 heavy (non-hydrogen) atoms. The summed E-state index contributed by atoms with van der Waals surface area (Å²) in [6, 6.07) is 1.56. The normalized spacial score (nSPS) is 17.7. The summed E-state index contributed by atoms with van der Waals surface area (Å²) in [6.07, 6.45) is 5.30. The number of carbonyl (C=O) groups is 1. The van der Waals surface area contributed by atoms with Crippen LogP contribution in [0.3, 0.4) is 0 Å². The first-order valence-electron chi connectivity index (χ1n) is 6.05. The molecule has 1 aromatic rings. The number of aromatic carboxylic acids is 1. The van der Waals surface area contributed by atoms with Gasteiger partial charge in [0.05, 0.1) is 10.6 Å². The first kappa shape index (κ1) is 12.2. The number of carboxylic acid groups (broad SMARTS) is 1. The number of hydrogen-bond acceptors (Lipinski definition) is 1. The van der Waals surface area contributed by atoms with Crippen LogP contribution in [0, 0.1) is 0 Å². The Kier molecular flexibility index (Phi) is 2.99. The molecule has 2 aliphatic carbocycles. The molecule has 0 fully saturated rings. The van der Waals surface area contributed by atoms with Gasteiger partial charge in [-0.2, -0.15) is 0 Å². The van der Waals surface area contributed by atoms with Gasteiger partial charge in [-0.05, 0) is 70.8 Å².